The zero-order valence-corrected chi connectivity index (χ0v) is 14.8. The zero-order valence-electron chi connectivity index (χ0n) is 14.8. The quantitative estimate of drug-likeness (QED) is 0.703. The Bertz CT molecular complexity index is 827. The minimum atomic E-state index is -1.44. The first kappa shape index (κ1) is 17.4. The van der Waals surface area contributed by atoms with Crippen molar-refractivity contribution < 1.29 is 29.3 Å². The lowest BCUT2D eigenvalue weighted by Gasteiger charge is -2.43. The molecule has 0 spiro atoms. The van der Waals surface area contributed by atoms with E-state index in [2.05, 4.69) is 5.32 Å². The maximum atomic E-state index is 12.8. The third-order valence-corrected chi connectivity index (χ3v) is 5.20. The summed E-state index contributed by atoms with van der Waals surface area (Å²) in [5.74, 6) is -0.746. The van der Waals surface area contributed by atoms with Gasteiger partial charge in [0.2, 0.25) is 0 Å². The maximum absolute atomic E-state index is 12.8. The fourth-order valence-corrected chi connectivity index (χ4v) is 3.38. The molecule has 3 atom stereocenters. The first-order valence-corrected chi connectivity index (χ1v) is 7.92. The lowest BCUT2D eigenvalue weighted by Crippen LogP contribution is -2.62. The molecule has 7 heteroatoms. The molecule has 0 fully saturated rings. The summed E-state index contributed by atoms with van der Waals surface area (Å²) in [6.45, 7) is 6.40. The molecule has 1 aliphatic heterocycles. The van der Waals surface area contributed by atoms with Crippen molar-refractivity contribution in [2.24, 2.45) is 0 Å². The summed E-state index contributed by atoms with van der Waals surface area (Å²) in [5.41, 5.74) is 0.308. The van der Waals surface area contributed by atoms with Crippen molar-refractivity contribution in [3.63, 3.8) is 0 Å². The Labute approximate surface area is 145 Å². The molecule has 0 aromatic heterocycles. The van der Waals surface area contributed by atoms with Crippen molar-refractivity contribution >= 4 is 11.7 Å². The van der Waals surface area contributed by atoms with Crippen LogP contribution in [-0.2, 0) is 9.53 Å². The van der Waals surface area contributed by atoms with Crippen molar-refractivity contribution in [3.05, 3.63) is 34.0 Å². The van der Waals surface area contributed by atoms with Gasteiger partial charge in [-0.3, -0.25) is 9.59 Å². The summed E-state index contributed by atoms with van der Waals surface area (Å²) in [6, 6.07) is 1.49. The minimum Gasteiger partial charge on any atom is -0.508 e. The second kappa shape index (κ2) is 5.57. The highest BCUT2D eigenvalue weighted by Gasteiger charge is 2.54. The van der Waals surface area contributed by atoms with Gasteiger partial charge in [-0.05, 0) is 39.3 Å². The molecular weight excluding hydrogens is 326 g/mol. The number of benzene rings is 1. The first-order chi connectivity index (χ1) is 11.6. The van der Waals surface area contributed by atoms with Crippen LogP contribution in [0.1, 0.15) is 35.3 Å². The summed E-state index contributed by atoms with van der Waals surface area (Å²) in [7, 11) is 1.37. The monoisotopic (exact) mass is 347 g/mol. The van der Waals surface area contributed by atoms with E-state index >= 15 is 0 Å². The molecule has 25 heavy (non-hydrogen) atoms. The number of aliphatic hydroxyl groups is 1. The van der Waals surface area contributed by atoms with Crippen LogP contribution in [0.5, 0.6) is 11.5 Å². The van der Waals surface area contributed by atoms with E-state index in [0.717, 1.165) is 0 Å². The summed E-state index contributed by atoms with van der Waals surface area (Å²) < 4.78 is 11.5. The predicted octanol–water partition coefficient (Wildman–Crippen LogP) is 1.12. The van der Waals surface area contributed by atoms with Crippen LogP contribution in [0.3, 0.4) is 0 Å². The molecule has 2 aliphatic rings. The third kappa shape index (κ3) is 2.26. The van der Waals surface area contributed by atoms with Gasteiger partial charge in [-0.1, -0.05) is 0 Å². The van der Waals surface area contributed by atoms with Gasteiger partial charge in [-0.25, -0.2) is 0 Å². The summed E-state index contributed by atoms with van der Waals surface area (Å²) in [5, 5.41) is 23.3. The van der Waals surface area contributed by atoms with Gasteiger partial charge in [-0.2, -0.15) is 0 Å². The SMILES string of the molecule is CO[C@@]1(C)[C@H](O)C(=O)C(C)=C2NC(=O)c3c(C)cc(O)c(C)c3O[C@@H]21. The smallest absolute Gasteiger partial charge is 0.259 e. The Morgan fingerprint density at radius 2 is 1.92 bits per heavy atom. The van der Waals surface area contributed by atoms with Gasteiger partial charge in [0.1, 0.15) is 23.2 Å². The van der Waals surface area contributed by atoms with E-state index in [1.165, 1.54) is 20.1 Å². The summed E-state index contributed by atoms with van der Waals surface area (Å²) in [4.78, 5) is 25.2. The number of aryl methyl sites for hydroxylation is 1. The molecule has 1 aromatic carbocycles. The molecule has 3 rings (SSSR count). The molecule has 0 bridgehead atoms. The Morgan fingerprint density at radius 1 is 1.28 bits per heavy atom. The van der Waals surface area contributed by atoms with Crippen molar-refractivity contribution in [1.82, 2.24) is 5.32 Å². The Morgan fingerprint density at radius 3 is 2.52 bits per heavy atom. The average Bonchev–Trinajstić information content (AvgIpc) is 2.73. The molecular formula is C18H21NO6. The van der Waals surface area contributed by atoms with Crippen molar-refractivity contribution in [2.45, 2.75) is 45.5 Å². The van der Waals surface area contributed by atoms with Crippen LogP contribution >= 0.6 is 0 Å². The van der Waals surface area contributed by atoms with Gasteiger partial charge < -0.3 is 25.0 Å². The van der Waals surface area contributed by atoms with E-state index in [1.54, 1.807) is 20.8 Å². The number of phenols is 1. The highest BCUT2D eigenvalue weighted by molar-refractivity contribution is 6.05. The second-order valence-corrected chi connectivity index (χ2v) is 6.69. The van der Waals surface area contributed by atoms with E-state index in [0.29, 0.717) is 11.1 Å². The van der Waals surface area contributed by atoms with Gasteiger partial charge in [0.15, 0.2) is 11.9 Å². The van der Waals surface area contributed by atoms with E-state index in [-0.39, 0.29) is 28.3 Å². The van der Waals surface area contributed by atoms with Crippen LogP contribution in [0, 0.1) is 13.8 Å². The molecule has 3 N–H and O–H groups in total. The Hall–Kier alpha value is -2.38. The van der Waals surface area contributed by atoms with Crippen molar-refractivity contribution in [2.75, 3.05) is 7.11 Å². The fraction of sp³-hybridized carbons (Fsp3) is 0.444. The van der Waals surface area contributed by atoms with Gasteiger partial charge in [-0.15, -0.1) is 0 Å². The predicted molar refractivity (Wildman–Crippen MR) is 88.6 cm³/mol. The van der Waals surface area contributed by atoms with Crippen LogP contribution in [0.15, 0.2) is 17.3 Å². The summed E-state index contributed by atoms with van der Waals surface area (Å²) >= 11 is 0. The van der Waals surface area contributed by atoms with E-state index < -0.39 is 29.5 Å². The molecule has 1 heterocycles. The fourth-order valence-electron chi connectivity index (χ4n) is 3.38. The number of phenolic OH excluding ortho intramolecular Hbond substituents is 1. The van der Waals surface area contributed by atoms with Crippen molar-refractivity contribution in [1.29, 1.82) is 0 Å². The number of carbonyl (C=O) groups excluding carboxylic acids is 2. The van der Waals surface area contributed by atoms with Crippen LogP contribution in [0.25, 0.3) is 0 Å². The standard InChI is InChI=1S/C18H21NO6/c1-7-6-10(20)8(2)14-11(7)17(23)19-12-9(3)13(21)15(22)18(4,24-5)16(12)25-14/h6,15-16,20,22H,1-5H3,(H,19,23)/t15-,16+,18+/m1/s1. The van der Waals surface area contributed by atoms with Crippen LogP contribution in [0.4, 0.5) is 0 Å². The first-order valence-electron chi connectivity index (χ1n) is 7.92. The van der Waals surface area contributed by atoms with E-state index in [9.17, 15) is 19.8 Å². The van der Waals surface area contributed by atoms with Gasteiger partial charge in [0.05, 0.1) is 11.3 Å². The lowest BCUT2D eigenvalue weighted by molar-refractivity contribution is -0.162. The number of rotatable bonds is 1. The number of nitrogens with one attached hydrogen (secondary N) is 1. The van der Waals surface area contributed by atoms with E-state index in [1.807, 2.05) is 0 Å². The molecule has 134 valence electrons. The van der Waals surface area contributed by atoms with Crippen LogP contribution in [0.2, 0.25) is 0 Å². The Kier molecular flexibility index (Phi) is 3.89. The molecule has 1 aromatic rings. The number of Topliss-reactive ketones (excluding diaryl/α,β-unsaturated/α-hetero) is 1. The second-order valence-electron chi connectivity index (χ2n) is 6.69. The largest absolute Gasteiger partial charge is 0.508 e. The molecule has 1 amide bonds. The number of hydrogen-bond acceptors (Lipinski definition) is 6. The van der Waals surface area contributed by atoms with Crippen LogP contribution < -0.4 is 10.1 Å². The number of aromatic hydroxyl groups is 1. The average molecular weight is 347 g/mol. The number of fused-ring (bicyclic) bond motifs is 2. The number of carbonyl (C=O) groups is 2. The summed E-state index contributed by atoms with van der Waals surface area (Å²) in [6.07, 6.45) is -2.36. The number of ketones is 1. The number of aliphatic hydroxyl groups excluding tert-OH is 1. The number of amides is 1. The van der Waals surface area contributed by atoms with E-state index in [4.69, 9.17) is 9.47 Å². The van der Waals surface area contributed by atoms with Gasteiger partial charge >= 0.3 is 0 Å². The lowest BCUT2D eigenvalue weighted by atomic mass is 9.79. The number of ether oxygens (including phenoxy) is 2. The zero-order chi connectivity index (χ0) is 18.7. The molecule has 7 nitrogen and oxygen atoms in total. The van der Waals surface area contributed by atoms with Gasteiger partial charge in [0.25, 0.3) is 5.91 Å². The van der Waals surface area contributed by atoms with Gasteiger partial charge in [0, 0.05) is 18.2 Å². The van der Waals surface area contributed by atoms with Crippen molar-refractivity contribution in [3.8, 4) is 11.5 Å². The maximum Gasteiger partial charge on any atom is 0.259 e. The molecule has 1 aliphatic carbocycles. The molecule has 0 saturated heterocycles. The third-order valence-electron chi connectivity index (χ3n) is 5.20. The molecule has 0 saturated carbocycles. The number of methoxy groups -OCH3 is 1. The highest BCUT2D eigenvalue weighted by atomic mass is 16.6. The topological polar surface area (TPSA) is 105 Å². The molecule has 0 radical (unpaired) electrons. The highest BCUT2D eigenvalue weighted by Crippen LogP contribution is 2.42. The normalized spacial score (nSPS) is 28.7. The number of hydrogen-bond donors (Lipinski definition) is 3. The Balaban J connectivity index is 2.30. The van der Waals surface area contributed by atoms with Crippen LogP contribution in [-0.4, -0.2) is 46.8 Å². The molecule has 0 unspecified atom stereocenters. The minimum absolute atomic E-state index is 0.000226.